The molecule has 0 amide bonds. The number of rotatable bonds is 11. The Morgan fingerprint density at radius 1 is 0.947 bits per heavy atom. The molecule has 1 saturated carbocycles. The van der Waals surface area contributed by atoms with Gasteiger partial charge in [-0.1, -0.05) is 94.7 Å². The summed E-state index contributed by atoms with van der Waals surface area (Å²) in [6.45, 7) is 6.20. The van der Waals surface area contributed by atoms with Crippen LogP contribution in [0.3, 0.4) is 0 Å². The zero-order valence-corrected chi connectivity index (χ0v) is 24.0. The fourth-order valence-corrected chi connectivity index (χ4v) is 8.72. The molecule has 3 unspecified atom stereocenters. The molecule has 3 nitrogen and oxygen atoms in total. The first kappa shape index (κ1) is 27.4. The minimum atomic E-state index is -0.225. The van der Waals surface area contributed by atoms with Crippen LogP contribution in [0.4, 0.5) is 0 Å². The molecule has 38 heavy (non-hydrogen) atoms. The maximum Gasteiger partial charge on any atom is 0.308 e. The molecule has 0 bridgehead atoms. The molecule has 1 saturated heterocycles. The molecule has 2 aliphatic carbocycles. The van der Waals surface area contributed by atoms with E-state index in [0.29, 0.717) is 11.5 Å². The Morgan fingerprint density at radius 2 is 1.74 bits per heavy atom. The summed E-state index contributed by atoms with van der Waals surface area (Å²) in [6, 6.07) is 18.4. The van der Waals surface area contributed by atoms with Gasteiger partial charge in [-0.25, -0.2) is 0 Å². The van der Waals surface area contributed by atoms with Gasteiger partial charge in [-0.2, -0.15) is 0 Å². The van der Waals surface area contributed by atoms with E-state index in [1.807, 2.05) is 0 Å². The second kappa shape index (κ2) is 12.4. The van der Waals surface area contributed by atoms with E-state index in [-0.39, 0.29) is 11.4 Å². The quantitative estimate of drug-likeness (QED) is 0.171. The summed E-state index contributed by atoms with van der Waals surface area (Å²) in [4.78, 5) is 14.6. The molecule has 5 rings (SSSR count). The number of unbranched alkanes of at least 4 members (excludes halogenated alkanes) is 5. The third-order valence-electron chi connectivity index (χ3n) is 10.4. The Labute approximate surface area is 231 Å². The zero-order chi connectivity index (χ0) is 26.4. The van der Waals surface area contributed by atoms with Crippen LogP contribution in [-0.2, 0) is 23.1 Å². The van der Waals surface area contributed by atoms with Crippen molar-refractivity contribution in [1.29, 1.82) is 0 Å². The first-order chi connectivity index (χ1) is 18.6. The van der Waals surface area contributed by atoms with Crippen LogP contribution in [0, 0.1) is 5.41 Å². The van der Waals surface area contributed by atoms with Crippen molar-refractivity contribution in [2.45, 2.75) is 122 Å². The van der Waals surface area contributed by atoms with Crippen LogP contribution in [-0.4, -0.2) is 30.0 Å². The second-order valence-electron chi connectivity index (χ2n) is 12.5. The summed E-state index contributed by atoms with van der Waals surface area (Å²) in [5.41, 5.74) is 5.16. The van der Waals surface area contributed by atoms with Crippen molar-refractivity contribution in [3.05, 3.63) is 65.2 Å². The molecule has 206 valence electrons. The molecule has 2 aromatic rings. The number of hydrogen-bond donors (Lipinski definition) is 0. The van der Waals surface area contributed by atoms with Gasteiger partial charge in [0, 0.05) is 24.9 Å². The molecule has 0 N–H and O–H groups in total. The van der Waals surface area contributed by atoms with Crippen LogP contribution in [0.15, 0.2) is 48.5 Å². The van der Waals surface area contributed by atoms with E-state index in [1.165, 1.54) is 115 Å². The lowest BCUT2D eigenvalue weighted by Crippen LogP contribution is -2.66. The molecule has 0 radical (unpaired) electrons. The normalized spacial score (nSPS) is 26.7. The molecule has 1 aliphatic heterocycles. The number of ether oxygens (including phenoxy) is 1. The van der Waals surface area contributed by atoms with E-state index in [2.05, 4.69) is 60.4 Å². The van der Waals surface area contributed by atoms with Crippen LogP contribution >= 0.6 is 0 Å². The van der Waals surface area contributed by atoms with Gasteiger partial charge in [0.25, 0.3) is 0 Å². The third kappa shape index (κ3) is 5.46. The first-order valence-electron chi connectivity index (χ1n) is 15.7. The summed E-state index contributed by atoms with van der Waals surface area (Å²) >= 11 is 0. The Bertz CT molecular complexity index is 1060. The van der Waals surface area contributed by atoms with E-state index in [4.69, 9.17) is 4.74 Å². The van der Waals surface area contributed by atoms with Gasteiger partial charge in [0.2, 0.25) is 0 Å². The van der Waals surface area contributed by atoms with E-state index >= 15 is 0 Å². The number of carbonyl (C=O) groups is 1. The van der Waals surface area contributed by atoms with Crippen molar-refractivity contribution in [1.82, 2.24) is 4.90 Å². The summed E-state index contributed by atoms with van der Waals surface area (Å²) < 4.78 is 5.51. The predicted molar refractivity (Wildman–Crippen MR) is 157 cm³/mol. The lowest BCUT2D eigenvalue weighted by atomic mass is 9.43. The van der Waals surface area contributed by atoms with Crippen LogP contribution in [0.5, 0.6) is 5.75 Å². The molecule has 0 spiro atoms. The molecular weight excluding hydrogens is 466 g/mol. The number of fused-ring (bicyclic) bond motifs is 1. The number of hydrogen-bond acceptors (Lipinski definition) is 3. The van der Waals surface area contributed by atoms with Gasteiger partial charge >= 0.3 is 5.97 Å². The molecular formula is C35H49NO2. The topological polar surface area (TPSA) is 29.5 Å². The van der Waals surface area contributed by atoms with Crippen LogP contribution in [0.1, 0.15) is 114 Å². The molecule has 3 aliphatic rings. The summed E-state index contributed by atoms with van der Waals surface area (Å²) in [5, 5.41) is 0. The van der Waals surface area contributed by atoms with Crippen molar-refractivity contribution < 1.29 is 9.53 Å². The average molecular weight is 516 g/mol. The lowest BCUT2D eigenvalue weighted by molar-refractivity contribution is -0.131. The highest BCUT2D eigenvalue weighted by Crippen LogP contribution is 2.65. The summed E-state index contributed by atoms with van der Waals surface area (Å²) in [7, 11) is 0. The monoisotopic (exact) mass is 515 g/mol. The fourth-order valence-electron chi connectivity index (χ4n) is 8.72. The number of esters is 1. The van der Waals surface area contributed by atoms with E-state index in [0.717, 1.165) is 18.6 Å². The summed E-state index contributed by atoms with van der Waals surface area (Å²) in [6.07, 6.45) is 19.8. The Morgan fingerprint density at radius 3 is 2.55 bits per heavy atom. The second-order valence-corrected chi connectivity index (χ2v) is 12.5. The maximum atomic E-state index is 11.6. The lowest BCUT2D eigenvalue weighted by Gasteiger charge is -2.66. The van der Waals surface area contributed by atoms with Gasteiger partial charge in [0.05, 0.1) is 0 Å². The molecule has 0 aromatic heterocycles. The van der Waals surface area contributed by atoms with Gasteiger partial charge in [0.15, 0.2) is 0 Å². The highest BCUT2D eigenvalue weighted by atomic mass is 16.5. The van der Waals surface area contributed by atoms with Crippen LogP contribution < -0.4 is 4.74 Å². The maximum absolute atomic E-state index is 11.6. The number of piperidine rings is 1. The van der Waals surface area contributed by atoms with Gasteiger partial charge in [0.1, 0.15) is 5.75 Å². The fraction of sp³-hybridized carbons (Fsp3) is 0.629. The van der Waals surface area contributed by atoms with Gasteiger partial charge in [-0.15, -0.1) is 0 Å². The minimum absolute atomic E-state index is 0.225. The Balaban J connectivity index is 1.43. The Kier molecular flexibility index (Phi) is 8.93. The zero-order valence-electron chi connectivity index (χ0n) is 24.0. The van der Waals surface area contributed by atoms with Gasteiger partial charge in [-0.05, 0) is 85.7 Å². The van der Waals surface area contributed by atoms with Crippen molar-refractivity contribution >= 4 is 5.97 Å². The van der Waals surface area contributed by atoms with Crippen molar-refractivity contribution in [2.24, 2.45) is 5.41 Å². The predicted octanol–water partition coefficient (Wildman–Crippen LogP) is 8.42. The Hall–Kier alpha value is -2.13. The van der Waals surface area contributed by atoms with Gasteiger partial charge < -0.3 is 4.74 Å². The van der Waals surface area contributed by atoms with Crippen LogP contribution in [0.2, 0.25) is 0 Å². The van der Waals surface area contributed by atoms with E-state index < -0.39 is 0 Å². The standard InChI is InChI=1S/C35H49NO2/c1-3-4-5-6-7-11-16-33-35-22-13-12-21-34(35,24-26-36(33)25-20-29-14-9-8-10-15-29)32-18-17-31(38-28(2)37)27-30(32)19-23-35/h8-10,14-15,17-18,27,33H,3-7,11-13,16,19-26H2,1-2H3. The summed E-state index contributed by atoms with van der Waals surface area (Å²) in [5.74, 6) is 0.497. The SMILES string of the molecule is CCCCCCCCC1N(CCc2ccccc2)CCC23CCCCC12CCc1cc(OC(C)=O)ccc13. The first-order valence-corrected chi connectivity index (χ1v) is 15.7. The number of benzene rings is 2. The van der Waals surface area contributed by atoms with E-state index in [9.17, 15) is 4.79 Å². The van der Waals surface area contributed by atoms with Crippen molar-refractivity contribution in [3.63, 3.8) is 0 Å². The number of carbonyl (C=O) groups excluding carboxylic acids is 1. The highest BCUT2D eigenvalue weighted by Gasteiger charge is 2.61. The molecule has 2 aromatic carbocycles. The van der Waals surface area contributed by atoms with Gasteiger partial charge in [-0.3, -0.25) is 9.69 Å². The van der Waals surface area contributed by atoms with E-state index in [1.54, 1.807) is 5.56 Å². The molecule has 1 heterocycles. The molecule has 3 heteroatoms. The smallest absolute Gasteiger partial charge is 0.308 e. The number of nitrogens with zero attached hydrogens (tertiary/aromatic N) is 1. The molecule has 2 fully saturated rings. The largest absolute Gasteiger partial charge is 0.427 e. The number of likely N-dealkylation sites (tertiary alicyclic amines) is 1. The third-order valence-corrected chi connectivity index (χ3v) is 10.4. The molecule has 3 atom stereocenters. The van der Waals surface area contributed by atoms with Crippen molar-refractivity contribution in [3.8, 4) is 5.75 Å². The average Bonchev–Trinajstić information content (AvgIpc) is 2.93. The van der Waals surface area contributed by atoms with Crippen LogP contribution in [0.25, 0.3) is 0 Å². The minimum Gasteiger partial charge on any atom is -0.427 e. The van der Waals surface area contributed by atoms with Crippen molar-refractivity contribution in [2.75, 3.05) is 13.1 Å². The highest BCUT2D eigenvalue weighted by molar-refractivity contribution is 5.69. The number of aryl methyl sites for hydroxylation is 1.